The SMILES string of the molecule is O=S(=O)(c1ccc(NC(CO)CO)cc1)C(F)F. The van der Waals surface area contributed by atoms with Gasteiger partial charge in [0.2, 0.25) is 9.84 Å². The topological polar surface area (TPSA) is 86.6 Å². The third-order valence-corrected chi connectivity index (χ3v) is 3.63. The molecule has 0 heterocycles. The molecule has 0 radical (unpaired) electrons. The maximum Gasteiger partial charge on any atom is 0.341 e. The third-order valence-electron chi connectivity index (χ3n) is 2.23. The predicted molar refractivity (Wildman–Crippen MR) is 61.2 cm³/mol. The fourth-order valence-corrected chi connectivity index (χ4v) is 1.95. The molecule has 102 valence electrons. The van der Waals surface area contributed by atoms with Crippen LogP contribution < -0.4 is 5.32 Å². The minimum Gasteiger partial charge on any atom is -0.394 e. The van der Waals surface area contributed by atoms with Crippen LogP contribution in [0.4, 0.5) is 14.5 Å². The lowest BCUT2D eigenvalue weighted by molar-refractivity contribution is 0.204. The first-order valence-electron chi connectivity index (χ1n) is 5.02. The van der Waals surface area contributed by atoms with Crippen molar-refractivity contribution in [3.63, 3.8) is 0 Å². The molecule has 0 spiro atoms. The number of aliphatic hydroxyl groups excluding tert-OH is 2. The summed E-state index contributed by atoms with van der Waals surface area (Å²) < 4.78 is 46.8. The van der Waals surface area contributed by atoms with Crippen molar-refractivity contribution >= 4 is 15.5 Å². The molecule has 0 saturated heterocycles. The maximum absolute atomic E-state index is 12.2. The van der Waals surface area contributed by atoms with Crippen molar-refractivity contribution in [2.24, 2.45) is 0 Å². The Hall–Kier alpha value is -1.25. The number of anilines is 1. The first kappa shape index (κ1) is 14.8. The molecule has 0 unspecified atom stereocenters. The minimum absolute atomic E-state index is 0.312. The summed E-state index contributed by atoms with van der Waals surface area (Å²) in [5, 5.41) is 20.4. The van der Waals surface area contributed by atoms with E-state index in [0.717, 1.165) is 12.1 Å². The molecule has 18 heavy (non-hydrogen) atoms. The van der Waals surface area contributed by atoms with Crippen LogP contribution in [0, 0.1) is 0 Å². The van der Waals surface area contributed by atoms with E-state index in [2.05, 4.69) is 5.32 Å². The van der Waals surface area contributed by atoms with E-state index in [1.165, 1.54) is 12.1 Å². The maximum atomic E-state index is 12.2. The number of alkyl halides is 2. The van der Waals surface area contributed by atoms with Gasteiger partial charge >= 0.3 is 5.76 Å². The number of sulfone groups is 1. The summed E-state index contributed by atoms with van der Waals surface area (Å²) in [4.78, 5) is -0.479. The summed E-state index contributed by atoms with van der Waals surface area (Å²) >= 11 is 0. The molecule has 0 aliphatic carbocycles. The molecule has 1 rings (SSSR count). The van der Waals surface area contributed by atoms with Gasteiger partial charge in [0.15, 0.2) is 0 Å². The van der Waals surface area contributed by atoms with Crippen LogP contribution in [0.2, 0.25) is 0 Å². The molecular formula is C10H13F2NO4S. The Bertz CT molecular complexity index is 471. The Morgan fingerprint density at radius 2 is 1.61 bits per heavy atom. The Labute approximate surface area is 103 Å². The fourth-order valence-electron chi connectivity index (χ4n) is 1.23. The Morgan fingerprint density at radius 1 is 1.11 bits per heavy atom. The second-order valence-corrected chi connectivity index (χ2v) is 5.45. The number of hydrogen-bond donors (Lipinski definition) is 3. The quantitative estimate of drug-likeness (QED) is 0.704. The molecule has 0 fully saturated rings. The van der Waals surface area contributed by atoms with E-state index >= 15 is 0 Å². The average molecular weight is 281 g/mol. The molecule has 0 amide bonds. The van der Waals surface area contributed by atoms with Gasteiger partial charge < -0.3 is 15.5 Å². The first-order valence-corrected chi connectivity index (χ1v) is 6.56. The smallest absolute Gasteiger partial charge is 0.341 e. The number of nitrogens with one attached hydrogen (secondary N) is 1. The molecular weight excluding hydrogens is 268 g/mol. The molecule has 5 nitrogen and oxygen atoms in total. The summed E-state index contributed by atoms with van der Waals surface area (Å²) in [7, 11) is -4.59. The summed E-state index contributed by atoms with van der Waals surface area (Å²) in [6.07, 6.45) is 0. The van der Waals surface area contributed by atoms with E-state index in [1.54, 1.807) is 0 Å². The highest BCUT2D eigenvalue weighted by molar-refractivity contribution is 7.91. The molecule has 3 N–H and O–H groups in total. The number of halogens is 2. The van der Waals surface area contributed by atoms with Crippen LogP contribution in [-0.4, -0.2) is 43.6 Å². The van der Waals surface area contributed by atoms with Crippen molar-refractivity contribution in [2.45, 2.75) is 16.7 Å². The molecule has 8 heteroatoms. The minimum atomic E-state index is -4.59. The molecule has 1 aromatic carbocycles. The highest BCUT2D eigenvalue weighted by atomic mass is 32.2. The van der Waals surface area contributed by atoms with E-state index in [0.29, 0.717) is 5.69 Å². The Kier molecular flexibility index (Phi) is 5.00. The van der Waals surface area contributed by atoms with E-state index in [9.17, 15) is 17.2 Å². The number of aliphatic hydroxyl groups is 2. The zero-order valence-corrected chi connectivity index (χ0v) is 10.1. The lowest BCUT2D eigenvalue weighted by Gasteiger charge is -2.14. The second kappa shape index (κ2) is 6.07. The summed E-state index contributed by atoms with van der Waals surface area (Å²) in [5.41, 5.74) is 0.413. The van der Waals surface area contributed by atoms with Gasteiger partial charge in [-0.15, -0.1) is 0 Å². The Balaban J connectivity index is 2.87. The Morgan fingerprint density at radius 3 is 2.00 bits per heavy atom. The zero-order valence-electron chi connectivity index (χ0n) is 9.25. The lowest BCUT2D eigenvalue weighted by atomic mass is 10.2. The summed E-state index contributed by atoms with van der Waals surface area (Å²) in [6.45, 7) is -0.624. The third kappa shape index (κ3) is 3.37. The lowest BCUT2D eigenvalue weighted by Crippen LogP contribution is -2.27. The molecule has 0 aliphatic heterocycles. The zero-order chi connectivity index (χ0) is 13.8. The van der Waals surface area contributed by atoms with Crippen LogP contribution in [-0.2, 0) is 9.84 Å². The van der Waals surface area contributed by atoms with E-state index in [1.807, 2.05) is 0 Å². The van der Waals surface area contributed by atoms with E-state index in [-0.39, 0.29) is 13.2 Å². The highest BCUT2D eigenvalue weighted by Crippen LogP contribution is 2.20. The van der Waals surface area contributed by atoms with Gasteiger partial charge in [-0.1, -0.05) is 0 Å². The van der Waals surface area contributed by atoms with E-state index in [4.69, 9.17) is 10.2 Å². The largest absolute Gasteiger partial charge is 0.394 e. The molecule has 0 atom stereocenters. The van der Waals surface area contributed by atoms with Crippen LogP contribution in [0.15, 0.2) is 29.2 Å². The number of rotatable bonds is 6. The van der Waals surface area contributed by atoms with Gasteiger partial charge in [0, 0.05) is 5.69 Å². The molecule has 0 bridgehead atoms. The molecule has 1 aromatic rings. The molecule has 0 aromatic heterocycles. The first-order chi connectivity index (χ1) is 8.41. The van der Waals surface area contributed by atoms with Gasteiger partial charge in [0.05, 0.1) is 24.2 Å². The van der Waals surface area contributed by atoms with Crippen LogP contribution >= 0.6 is 0 Å². The monoisotopic (exact) mass is 281 g/mol. The van der Waals surface area contributed by atoms with Crippen molar-refractivity contribution in [1.82, 2.24) is 0 Å². The van der Waals surface area contributed by atoms with Crippen molar-refractivity contribution in [2.75, 3.05) is 18.5 Å². The summed E-state index contributed by atoms with van der Waals surface area (Å²) in [5.74, 6) is -3.46. The second-order valence-electron chi connectivity index (χ2n) is 3.54. The van der Waals surface area contributed by atoms with Crippen molar-refractivity contribution in [3.8, 4) is 0 Å². The number of hydrogen-bond acceptors (Lipinski definition) is 5. The van der Waals surface area contributed by atoms with Gasteiger partial charge in [0.1, 0.15) is 0 Å². The normalized spacial score (nSPS) is 12.1. The van der Waals surface area contributed by atoms with Crippen LogP contribution in [0.1, 0.15) is 0 Å². The van der Waals surface area contributed by atoms with Gasteiger partial charge in [-0.25, -0.2) is 8.42 Å². The van der Waals surface area contributed by atoms with Gasteiger partial charge in [-0.3, -0.25) is 0 Å². The van der Waals surface area contributed by atoms with Crippen LogP contribution in [0.25, 0.3) is 0 Å². The van der Waals surface area contributed by atoms with Gasteiger partial charge in [-0.05, 0) is 24.3 Å². The molecule has 0 saturated carbocycles. The van der Waals surface area contributed by atoms with Crippen molar-refractivity contribution in [3.05, 3.63) is 24.3 Å². The van der Waals surface area contributed by atoms with E-state index < -0.39 is 26.5 Å². The standard InChI is InChI=1S/C10H13F2NO4S/c11-10(12)18(16,17)9-3-1-7(2-4-9)13-8(5-14)6-15/h1-4,8,10,13-15H,5-6H2. The van der Waals surface area contributed by atoms with Gasteiger partial charge in [0.25, 0.3) is 0 Å². The van der Waals surface area contributed by atoms with Crippen molar-refractivity contribution in [1.29, 1.82) is 0 Å². The average Bonchev–Trinajstić information content (AvgIpc) is 2.36. The van der Waals surface area contributed by atoms with Crippen LogP contribution in [0.3, 0.4) is 0 Å². The fraction of sp³-hybridized carbons (Fsp3) is 0.400. The summed E-state index contributed by atoms with van der Waals surface area (Å²) in [6, 6.07) is 4.05. The van der Waals surface area contributed by atoms with Crippen molar-refractivity contribution < 1.29 is 27.4 Å². The number of benzene rings is 1. The van der Waals surface area contributed by atoms with Crippen LogP contribution in [0.5, 0.6) is 0 Å². The highest BCUT2D eigenvalue weighted by Gasteiger charge is 2.26. The predicted octanol–water partition coefficient (Wildman–Crippen LogP) is 0.448. The van der Waals surface area contributed by atoms with Gasteiger partial charge in [-0.2, -0.15) is 8.78 Å². The molecule has 0 aliphatic rings.